The number of hydrogen-bond donors (Lipinski definition) is 0. The molecule has 148 valence electrons. The topological polar surface area (TPSA) is 30.3 Å². The molecule has 3 rings (SSSR count). The Morgan fingerprint density at radius 3 is 2.25 bits per heavy atom. The molecule has 2 unspecified atom stereocenters. The molecule has 4 nitrogen and oxygen atoms in total. The highest BCUT2D eigenvalue weighted by Gasteiger charge is 2.24. The van der Waals surface area contributed by atoms with E-state index in [1.807, 2.05) is 18.3 Å². The van der Waals surface area contributed by atoms with Crippen molar-refractivity contribution in [2.75, 3.05) is 20.6 Å². The van der Waals surface area contributed by atoms with E-state index in [0.717, 1.165) is 36.2 Å². The van der Waals surface area contributed by atoms with Crippen LogP contribution in [0.2, 0.25) is 0 Å². The summed E-state index contributed by atoms with van der Waals surface area (Å²) < 4.78 is 8.64. The fraction of sp³-hybridized carbons (Fsp3) is 0.375. The SMILES string of the molecule is CCCc1c(C(OC(C)CN(C)C)c2ccccc2)cnn1-c1ccccc1. The third kappa shape index (κ3) is 4.89. The maximum Gasteiger partial charge on any atom is 0.111 e. The summed E-state index contributed by atoms with van der Waals surface area (Å²) in [6.45, 7) is 5.22. The Bertz CT molecular complexity index is 843. The van der Waals surface area contributed by atoms with Crippen molar-refractivity contribution in [1.82, 2.24) is 14.7 Å². The van der Waals surface area contributed by atoms with E-state index in [1.165, 1.54) is 5.69 Å². The lowest BCUT2D eigenvalue weighted by Gasteiger charge is -2.25. The van der Waals surface area contributed by atoms with Gasteiger partial charge in [-0.25, -0.2) is 4.68 Å². The van der Waals surface area contributed by atoms with Gasteiger partial charge in [-0.2, -0.15) is 5.10 Å². The quantitative estimate of drug-likeness (QED) is 0.532. The zero-order chi connectivity index (χ0) is 19.9. The number of hydrogen-bond acceptors (Lipinski definition) is 3. The van der Waals surface area contributed by atoms with Gasteiger partial charge in [0.15, 0.2) is 0 Å². The van der Waals surface area contributed by atoms with Crippen LogP contribution in [-0.4, -0.2) is 41.4 Å². The van der Waals surface area contributed by atoms with E-state index in [1.54, 1.807) is 0 Å². The molecule has 1 heterocycles. The Labute approximate surface area is 168 Å². The van der Waals surface area contributed by atoms with E-state index < -0.39 is 0 Å². The van der Waals surface area contributed by atoms with Crippen LogP contribution in [0.1, 0.15) is 43.2 Å². The van der Waals surface area contributed by atoms with Crippen LogP contribution in [0, 0.1) is 0 Å². The number of likely N-dealkylation sites (N-methyl/N-ethyl adjacent to an activating group) is 1. The summed E-state index contributed by atoms with van der Waals surface area (Å²) in [7, 11) is 4.15. The van der Waals surface area contributed by atoms with Crippen LogP contribution in [-0.2, 0) is 11.2 Å². The van der Waals surface area contributed by atoms with Crippen molar-refractivity contribution in [3.63, 3.8) is 0 Å². The van der Waals surface area contributed by atoms with E-state index >= 15 is 0 Å². The van der Waals surface area contributed by atoms with Crippen molar-refractivity contribution in [3.8, 4) is 5.69 Å². The average Bonchev–Trinajstić information content (AvgIpc) is 3.10. The molecular weight excluding hydrogens is 346 g/mol. The smallest absolute Gasteiger partial charge is 0.111 e. The zero-order valence-corrected chi connectivity index (χ0v) is 17.4. The number of benzene rings is 2. The zero-order valence-electron chi connectivity index (χ0n) is 17.4. The van der Waals surface area contributed by atoms with Gasteiger partial charge < -0.3 is 9.64 Å². The van der Waals surface area contributed by atoms with E-state index in [-0.39, 0.29) is 12.2 Å². The third-order valence-electron chi connectivity index (χ3n) is 4.76. The first-order valence-electron chi connectivity index (χ1n) is 10.1. The van der Waals surface area contributed by atoms with Gasteiger partial charge in [-0.05, 0) is 45.1 Å². The molecule has 3 aromatic rings. The summed E-state index contributed by atoms with van der Waals surface area (Å²) in [5.41, 5.74) is 4.63. The van der Waals surface area contributed by atoms with Crippen molar-refractivity contribution in [2.24, 2.45) is 0 Å². The molecule has 2 atom stereocenters. The Morgan fingerprint density at radius 2 is 1.64 bits per heavy atom. The second-order valence-corrected chi connectivity index (χ2v) is 7.54. The van der Waals surface area contributed by atoms with Crippen molar-refractivity contribution in [3.05, 3.63) is 83.7 Å². The minimum absolute atomic E-state index is 0.106. The Kier molecular flexibility index (Phi) is 7.01. The van der Waals surface area contributed by atoms with Crippen LogP contribution in [0.4, 0.5) is 0 Å². The third-order valence-corrected chi connectivity index (χ3v) is 4.76. The second kappa shape index (κ2) is 9.67. The van der Waals surface area contributed by atoms with Crippen molar-refractivity contribution >= 4 is 0 Å². The molecule has 0 saturated carbocycles. The molecule has 0 N–H and O–H groups in total. The maximum absolute atomic E-state index is 6.57. The Balaban J connectivity index is 2.03. The van der Waals surface area contributed by atoms with Crippen LogP contribution in [0.25, 0.3) is 5.69 Å². The molecule has 0 bridgehead atoms. The summed E-state index contributed by atoms with van der Waals surface area (Å²) >= 11 is 0. The van der Waals surface area contributed by atoms with Crippen molar-refractivity contribution < 1.29 is 4.74 Å². The minimum Gasteiger partial charge on any atom is -0.364 e. The Morgan fingerprint density at radius 1 is 1.00 bits per heavy atom. The van der Waals surface area contributed by atoms with Gasteiger partial charge in [0.1, 0.15) is 6.10 Å². The maximum atomic E-state index is 6.57. The molecular formula is C24H31N3O. The molecule has 0 radical (unpaired) electrons. The van der Waals surface area contributed by atoms with Gasteiger partial charge in [-0.3, -0.25) is 0 Å². The van der Waals surface area contributed by atoms with E-state index in [4.69, 9.17) is 9.84 Å². The fourth-order valence-corrected chi connectivity index (χ4v) is 3.63. The van der Waals surface area contributed by atoms with Crippen LogP contribution < -0.4 is 0 Å². The largest absolute Gasteiger partial charge is 0.364 e. The first kappa shape index (κ1) is 20.3. The van der Waals surface area contributed by atoms with E-state index in [0.29, 0.717) is 0 Å². The van der Waals surface area contributed by atoms with E-state index in [9.17, 15) is 0 Å². The summed E-state index contributed by atoms with van der Waals surface area (Å²) in [5, 5.41) is 4.75. The summed E-state index contributed by atoms with van der Waals surface area (Å²) in [4.78, 5) is 2.16. The molecule has 4 heteroatoms. The number of ether oxygens (including phenoxy) is 1. The standard InChI is InChI=1S/C24H31N3O/c1-5-12-23-22(17-25-27(23)21-15-10-7-11-16-21)24(20-13-8-6-9-14-20)28-19(2)18-26(3)4/h6-11,13-17,19,24H,5,12,18H2,1-4H3. The van der Waals surface area contributed by atoms with Gasteiger partial charge in [-0.15, -0.1) is 0 Å². The number of rotatable bonds is 9. The first-order chi connectivity index (χ1) is 13.6. The number of aromatic nitrogens is 2. The lowest BCUT2D eigenvalue weighted by molar-refractivity contribution is 0.00574. The molecule has 0 aliphatic heterocycles. The first-order valence-corrected chi connectivity index (χ1v) is 10.1. The molecule has 2 aromatic carbocycles. The average molecular weight is 378 g/mol. The normalized spacial score (nSPS) is 13.6. The minimum atomic E-state index is -0.129. The van der Waals surface area contributed by atoms with Gasteiger partial charge in [0.2, 0.25) is 0 Å². The molecule has 0 spiro atoms. The van der Waals surface area contributed by atoms with Crippen molar-refractivity contribution in [1.29, 1.82) is 0 Å². The highest BCUT2D eigenvalue weighted by molar-refractivity contribution is 5.38. The second-order valence-electron chi connectivity index (χ2n) is 7.54. The molecule has 1 aromatic heterocycles. The monoisotopic (exact) mass is 377 g/mol. The van der Waals surface area contributed by atoms with Crippen LogP contribution in [0.5, 0.6) is 0 Å². The van der Waals surface area contributed by atoms with Gasteiger partial charge in [0, 0.05) is 12.1 Å². The fourth-order valence-electron chi connectivity index (χ4n) is 3.63. The number of para-hydroxylation sites is 1. The summed E-state index contributed by atoms with van der Waals surface area (Å²) in [6.07, 6.45) is 3.97. The predicted molar refractivity (Wildman–Crippen MR) is 115 cm³/mol. The molecule has 0 amide bonds. The van der Waals surface area contributed by atoms with Gasteiger partial charge in [0.05, 0.1) is 23.7 Å². The van der Waals surface area contributed by atoms with Gasteiger partial charge >= 0.3 is 0 Å². The molecule has 0 fully saturated rings. The van der Waals surface area contributed by atoms with Gasteiger partial charge in [0.25, 0.3) is 0 Å². The molecule has 28 heavy (non-hydrogen) atoms. The lowest BCUT2D eigenvalue weighted by Crippen LogP contribution is -2.27. The van der Waals surface area contributed by atoms with Crippen molar-refractivity contribution in [2.45, 2.75) is 38.9 Å². The predicted octanol–water partition coefficient (Wildman–Crippen LogP) is 4.88. The van der Waals surface area contributed by atoms with Crippen LogP contribution >= 0.6 is 0 Å². The van der Waals surface area contributed by atoms with Gasteiger partial charge in [-0.1, -0.05) is 61.9 Å². The highest BCUT2D eigenvalue weighted by Crippen LogP contribution is 2.31. The molecule has 0 aliphatic carbocycles. The summed E-state index contributed by atoms with van der Waals surface area (Å²) in [6, 6.07) is 20.8. The van der Waals surface area contributed by atoms with Crippen LogP contribution in [0.15, 0.2) is 66.9 Å². The molecule has 0 saturated heterocycles. The molecule has 0 aliphatic rings. The lowest BCUT2D eigenvalue weighted by atomic mass is 9.99. The summed E-state index contributed by atoms with van der Waals surface area (Å²) in [5.74, 6) is 0. The number of nitrogens with zero attached hydrogens (tertiary/aromatic N) is 3. The highest BCUT2D eigenvalue weighted by atomic mass is 16.5. The van der Waals surface area contributed by atoms with E-state index in [2.05, 4.69) is 86.1 Å². The Hall–Kier alpha value is -2.43. The van der Waals surface area contributed by atoms with Crippen LogP contribution in [0.3, 0.4) is 0 Å².